The van der Waals surface area contributed by atoms with E-state index in [-0.39, 0.29) is 6.03 Å². The summed E-state index contributed by atoms with van der Waals surface area (Å²) in [6, 6.07) is 7.18. The van der Waals surface area contributed by atoms with Crippen LogP contribution in [-0.2, 0) is 0 Å². The van der Waals surface area contributed by atoms with Gasteiger partial charge in [-0.1, -0.05) is 12.1 Å². The van der Waals surface area contributed by atoms with E-state index in [9.17, 15) is 4.79 Å². The van der Waals surface area contributed by atoms with Gasteiger partial charge in [-0.2, -0.15) is 0 Å². The minimum Gasteiger partial charge on any atom is -0.495 e. The first kappa shape index (κ1) is 16.6. The highest BCUT2D eigenvalue weighted by atomic mass is 32.1. The fourth-order valence-electron chi connectivity index (χ4n) is 2.93. The molecule has 2 heterocycles. The lowest BCUT2D eigenvalue weighted by molar-refractivity contribution is 0.249. The maximum Gasteiger partial charge on any atom is 0.319 e. The highest BCUT2D eigenvalue weighted by Gasteiger charge is 2.22. The van der Waals surface area contributed by atoms with Gasteiger partial charge in [0.05, 0.1) is 12.8 Å². The number of rotatable bonds is 5. The number of carbonyl (C=O) groups excluding carboxylic acids is 1. The molecule has 1 unspecified atom stereocenters. The number of hydrogen-bond donors (Lipinski definition) is 2. The summed E-state index contributed by atoms with van der Waals surface area (Å²) >= 11 is 1.66. The van der Waals surface area contributed by atoms with E-state index in [1.807, 2.05) is 35.8 Å². The second kappa shape index (κ2) is 8.01. The van der Waals surface area contributed by atoms with Gasteiger partial charge < -0.3 is 20.3 Å². The number of nitrogens with zero attached hydrogens (tertiary/aromatic N) is 2. The molecular formula is C17H22N4O2S. The minimum atomic E-state index is -0.203. The Hall–Kier alpha value is -2.28. The molecule has 0 radical (unpaired) electrons. The fourth-order valence-corrected chi connectivity index (χ4v) is 3.61. The first-order valence-electron chi connectivity index (χ1n) is 8.08. The van der Waals surface area contributed by atoms with Crippen LogP contribution < -0.4 is 20.3 Å². The molecule has 0 aliphatic carbocycles. The van der Waals surface area contributed by atoms with Crippen molar-refractivity contribution in [3.8, 4) is 5.75 Å². The van der Waals surface area contributed by atoms with Crippen molar-refractivity contribution in [2.24, 2.45) is 5.92 Å². The average molecular weight is 346 g/mol. The van der Waals surface area contributed by atoms with Crippen molar-refractivity contribution in [2.45, 2.75) is 12.8 Å². The van der Waals surface area contributed by atoms with Gasteiger partial charge in [-0.05, 0) is 30.9 Å². The monoisotopic (exact) mass is 346 g/mol. The third-order valence-electron chi connectivity index (χ3n) is 4.12. The molecule has 6 nitrogen and oxygen atoms in total. The lowest BCUT2D eigenvalue weighted by Crippen LogP contribution is -2.42. The van der Waals surface area contributed by atoms with Gasteiger partial charge in [-0.25, -0.2) is 9.78 Å². The van der Waals surface area contributed by atoms with E-state index in [1.54, 1.807) is 18.4 Å². The van der Waals surface area contributed by atoms with Gasteiger partial charge >= 0.3 is 6.03 Å². The van der Waals surface area contributed by atoms with Crippen LogP contribution in [0.4, 0.5) is 15.6 Å². The molecule has 2 aromatic rings. The molecule has 1 saturated heterocycles. The van der Waals surface area contributed by atoms with Crippen molar-refractivity contribution in [3.63, 3.8) is 0 Å². The molecule has 0 spiro atoms. The van der Waals surface area contributed by atoms with Gasteiger partial charge in [0, 0.05) is 31.2 Å². The number of piperidine rings is 1. The number of amides is 2. The summed E-state index contributed by atoms with van der Waals surface area (Å²) in [6.07, 6.45) is 4.08. The van der Waals surface area contributed by atoms with Crippen LogP contribution in [0, 0.1) is 5.92 Å². The summed E-state index contributed by atoms with van der Waals surface area (Å²) in [5.41, 5.74) is 0.672. The van der Waals surface area contributed by atoms with Crippen LogP contribution in [-0.4, -0.2) is 37.8 Å². The summed E-state index contributed by atoms with van der Waals surface area (Å²) in [7, 11) is 1.59. The highest BCUT2D eigenvalue weighted by molar-refractivity contribution is 7.13. The molecule has 1 aromatic heterocycles. The van der Waals surface area contributed by atoms with E-state index in [2.05, 4.69) is 20.5 Å². The van der Waals surface area contributed by atoms with Crippen molar-refractivity contribution in [2.75, 3.05) is 37.0 Å². The Kier molecular flexibility index (Phi) is 5.53. The number of carbonyl (C=O) groups is 1. The molecule has 128 valence electrons. The van der Waals surface area contributed by atoms with E-state index < -0.39 is 0 Å². The summed E-state index contributed by atoms with van der Waals surface area (Å²) < 4.78 is 5.24. The van der Waals surface area contributed by atoms with Gasteiger partial charge in [0.15, 0.2) is 5.13 Å². The Balaban J connectivity index is 1.49. The number of urea groups is 1. The molecule has 1 aliphatic rings. The number of anilines is 2. The Morgan fingerprint density at radius 1 is 1.46 bits per heavy atom. The predicted molar refractivity (Wildman–Crippen MR) is 97.1 cm³/mol. The SMILES string of the molecule is COc1ccccc1NC(=O)NCC1CCCN(c2nccs2)C1. The second-order valence-corrected chi connectivity index (χ2v) is 6.68. The zero-order chi connectivity index (χ0) is 16.8. The predicted octanol–water partition coefficient (Wildman–Crippen LogP) is 3.19. The van der Waals surface area contributed by atoms with E-state index in [1.165, 1.54) is 0 Å². The molecule has 1 atom stereocenters. The van der Waals surface area contributed by atoms with Crippen LogP contribution in [0.25, 0.3) is 0 Å². The number of hydrogen-bond acceptors (Lipinski definition) is 5. The van der Waals surface area contributed by atoms with E-state index in [4.69, 9.17) is 4.74 Å². The molecule has 0 bridgehead atoms. The van der Waals surface area contributed by atoms with Crippen molar-refractivity contribution in [1.82, 2.24) is 10.3 Å². The average Bonchev–Trinajstić information content (AvgIpc) is 3.15. The standard InChI is InChI=1S/C17H22N4O2S/c1-23-15-7-3-2-6-14(15)20-16(22)19-11-13-5-4-9-21(12-13)17-18-8-10-24-17/h2-3,6-8,10,13H,4-5,9,11-12H2,1H3,(H2,19,20,22). The molecule has 0 saturated carbocycles. The van der Waals surface area contributed by atoms with E-state index in [0.29, 0.717) is 23.9 Å². The van der Waals surface area contributed by atoms with E-state index >= 15 is 0 Å². The summed E-state index contributed by atoms with van der Waals surface area (Å²) in [5, 5.41) is 8.88. The van der Waals surface area contributed by atoms with Crippen LogP contribution >= 0.6 is 11.3 Å². The number of para-hydroxylation sites is 2. The summed E-state index contributed by atoms with van der Waals surface area (Å²) in [6.45, 7) is 2.63. The second-order valence-electron chi connectivity index (χ2n) is 5.80. The Morgan fingerprint density at radius 3 is 3.12 bits per heavy atom. The third kappa shape index (κ3) is 4.17. The zero-order valence-corrected chi connectivity index (χ0v) is 14.5. The Labute approximate surface area is 145 Å². The number of ether oxygens (including phenoxy) is 1. The lowest BCUT2D eigenvalue weighted by atomic mass is 9.98. The minimum absolute atomic E-state index is 0.203. The zero-order valence-electron chi connectivity index (χ0n) is 13.7. The normalized spacial score (nSPS) is 17.4. The van der Waals surface area contributed by atoms with E-state index in [0.717, 1.165) is 31.1 Å². The summed E-state index contributed by atoms with van der Waals surface area (Å²) in [4.78, 5) is 18.8. The highest BCUT2D eigenvalue weighted by Crippen LogP contribution is 2.25. The van der Waals surface area contributed by atoms with Crippen LogP contribution in [0.5, 0.6) is 5.75 Å². The van der Waals surface area contributed by atoms with Gasteiger partial charge in [-0.3, -0.25) is 0 Å². The van der Waals surface area contributed by atoms with Gasteiger partial charge in [0.2, 0.25) is 0 Å². The fraction of sp³-hybridized carbons (Fsp3) is 0.412. The first-order valence-corrected chi connectivity index (χ1v) is 8.96. The molecule has 2 amide bonds. The molecule has 1 fully saturated rings. The lowest BCUT2D eigenvalue weighted by Gasteiger charge is -2.32. The van der Waals surface area contributed by atoms with Crippen molar-refractivity contribution < 1.29 is 9.53 Å². The molecule has 3 rings (SSSR count). The number of methoxy groups -OCH3 is 1. The quantitative estimate of drug-likeness (QED) is 0.872. The van der Waals surface area contributed by atoms with Crippen LogP contribution in [0.2, 0.25) is 0 Å². The van der Waals surface area contributed by atoms with Crippen LogP contribution in [0.3, 0.4) is 0 Å². The molecule has 1 aromatic carbocycles. The Bertz CT molecular complexity index is 662. The van der Waals surface area contributed by atoms with Crippen molar-refractivity contribution >= 4 is 28.2 Å². The number of benzene rings is 1. The molecular weight excluding hydrogens is 324 g/mol. The van der Waals surface area contributed by atoms with Crippen molar-refractivity contribution in [1.29, 1.82) is 0 Å². The Morgan fingerprint density at radius 2 is 2.33 bits per heavy atom. The topological polar surface area (TPSA) is 66.5 Å². The maximum atomic E-state index is 12.1. The van der Waals surface area contributed by atoms with Crippen LogP contribution in [0.15, 0.2) is 35.8 Å². The first-order chi connectivity index (χ1) is 11.8. The van der Waals surface area contributed by atoms with Crippen LogP contribution in [0.1, 0.15) is 12.8 Å². The van der Waals surface area contributed by atoms with Gasteiger partial charge in [-0.15, -0.1) is 11.3 Å². The molecule has 2 N–H and O–H groups in total. The number of aromatic nitrogens is 1. The number of nitrogens with one attached hydrogen (secondary N) is 2. The van der Waals surface area contributed by atoms with Gasteiger partial charge in [0.1, 0.15) is 5.75 Å². The molecule has 1 aliphatic heterocycles. The third-order valence-corrected chi connectivity index (χ3v) is 4.95. The molecule has 7 heteroatoms. The molecule has 24 heavy (non-hydrogen) atoms. The van der Waals surface area contributed by atoms with Gasteiger partial charge in [0.25, 0.3) is 0 Å². The van der Waals surface area contributed by atoms with Crippen molar-refractivity contribution in [3.05, 3.63) is 35.8 Å². The maximum absolute atomic E-state index is 12.1. The largest absolute Gasteiger partial charge is 0.495 e. The number of thiazole rings is 1. The smallest absolute Gasteiger partial charge is 0.319 e. The summed E-state index contributed by atoms with van der Waals surface area (Å²) in [5.74, 6) is 1.09.